The van der Waals surface area contributed by atoms with Crippen LogP contribution in [0.25, 0.3) is 0 Å². The fourth-order valence-electron chi connectivity index (χ4n) is 2.78. The summed E-state index contributed by atoms with van der Waals surface area (Å²) in [4.78, 5) is 14.5. The standard InChI is InChI=1S/C18H21F6N3O/c1-4-8-26(5-2)16(28)12(3)27(11-17(19,20)21)14-7-6-13(10-25)15(9-14)18(22,23)24/h6-7,9,12H,4-5,8,11H2,1-3H3. The fourth-order valence-corrected chi connectivity index (χ4v) is 2.78. The minimum absolute atomic E-state index is 0.262. The molecule has 0 N–H and O–H groups in total. The summed E-state index contributed by atoms with van der Waals surface area (Å²) < 4.78 is 78.8. The Hall–Kier alpha value is -2.44. The molecule has 0 spiro atoms. The second-order valence-electron chi connectivity index (χ2n) is 6.18. The average Bonchev–Trinajstić information content (AvgIpc) is 2.61. The van der Waals surface area contributed by atoms with Crippen molar-refractivity contribution in [2.24, 2.45) is 0 Å². The summed E-state index contributed by atoms with van der Waals surface area (Å²) in [5, 5.41) is 8.85. The van der Waals surface area contributed by atoms with E-state index in [0.29, 0.717) is 23.9 Å². The van der Waals surface area contributed by atoms with Crippen molar-refractivity contribution >= 4 is 11.6 Å². The zero-order valence-electron chi connectivity index (χ0n) is 15.7. The smallest absolute Gasteiger partial charge is 0.351 e. The minimum atomic E-state index is -4.92. The average molecular weight is 409 g/mol. The Labute approximate surface area is 159 Å². The van der Waals surface area contributed by atoms with Crippen molar-refractivity contribution < 1.29 is 31.1 Å². The van der Waals surface area contributed by atoms with Gasteiger partial charge in [0.1, 0.15) is 12.6 Å². The van der Waals surface area contributed by atoms with E-state index < -0.39 is 47.7 Å². The number of anilines is 1. The van der Waals surface area contributed by atoms with Crippen LogP contribution in [0.4, 0.5) is 32.0 Å². The first-order valence-corrected chi connectivity index (χ1v) is 8.59. The second kappa shape index (κ2) is 9.17. The molecule has 1 atom stereocenters. The van der Waals surface area contributed by atoms with E-state index in [2.05, 4.69) is 0 Å². The molecular formula is C18H21F6N3O. The van der Waals surface area contributed by atoms with Crippen LogP contribution in [0.5, 0.6) is 0 Å². The lowest BCUT2D eigenvalue weighted by molar-refractivity contribution is -0.137. The highest BCUT2D eigenvalue weighted by Crippen LogP contribution is 2.35. The van der Waals surface area contributed by atoms with Crippen LogP contribution in [0.2, 0.25) is 0 Å². The van der Waals surface area contributed by atoms with Crippen molar-refractivity contribution in [3.8, 4) is 6.07 Å². The summed E-state index contributed by atoms with van der Waals surface area (Å²) in [6.45, 7) is 3.66. The van der Waals surface area contributed by atoms with Gasteiger partial charge in [-0.15, -0.1) is 0 Å². The number of benzene rings is 1. The van der Waals surface area contributed by atoms with E-state index >= 15 is 0 Å². The Morgan fingerprint density at radius 3 is 2.21 bits per heavy atom. The van der Waals surface area contributed by atoms with Gasteiger partial charge in [-0.1, -0.05) is 6.92 Å². The van der Waals surface area contributed by atoms with E-state index in [4.69, 9.17) is 5.26 Å². The van der Waals surface area contributed by atoms with Gasteiger partial charge in [0.15, 0.2) is 0 Å². The van der Waals surface area contributed by atoms with Gasteiger partial charge in [0.05, 0.1) is 17.2 Å². The summed E-state index contributed by atoms with van der Waals surface area (Å²) in [5.41, 5.74) is -2.49. The van der Waals surface area contributed by atoms with E-state index in [1.165, 1.54) is 17.9 Å². The Kier molecular flexibility index (Phi) is 7.73. The van der Waals surface area contributed by atoms with Crippen LogP contribution < -0.4 is 4.90 Å². The topological polar surface area (TPSA) is 47.3 Å². The highest BCUT2D eigenvalue weighted by Gasteiger charge is 2.38. The van der Waals surface area contributed by atoms with Gasteiger partial charge in [-0.25, -0.2) is 0 Å². The van der Waals surface area contributed by atoms with Crippen LogP contribution in [-0.4, -0.2) is 42.7 Å². The molecule has 156 valence electrons. The van der Waals surface area contributed by atoms with Gasteiger partial charge in [0.2, 0.25) is 5.91 Å². The van der Waals surface area contributed by atoms with Crippen LogP contribution in [0, 0.1) is 11.3 Å². The number of hydrogen-bond acceptors (Lipinski definition) is 3. The number of rotatable bonds is 7. The van der Waals surface area contributed by atoms with E-state index in [1.54, 1.807) is 13.8 Å². The molecular weight excluding hydrogens is 388 g/mol. The summed E-state index contributed by atoms with van der Waals surface area (Å²) in [6.07, 6.45) is -9.08. The summed E-state index contributed by atoms with van der Waals surface area (Å²) in [5.74, 6) is -0.619. The number of carbonyl (C=O) groups is 1. The molecule has 0 radical (unpaired) electrons. The van der Waals surface area contributed by atoms with Crippen LogP contribution >= 0.6 is 0 Å². The predicted molar refractivity (Wildman–Crippen MR) is 91.6 cm³/mol. The van der Waals surface area contributed by atoms with Gasteiger partial charge in [0.25, 0.3) is 0 Å². The molecule has 0 heterocycles. The van der Waals surface area contributed by atoms with Crippen molar-refractivity contribution in [3.63, 3.8) is 0 Å². The van der Waals surface area contributed by atoms with E-state index in [1.807, 2.05) is 0 Å². The summed E-state index contributed by atoms with van der Waals surface area (Å²) >= 11 is 0. The molecule has 0 aliphatic rings. The Morgan fingerprint density at radius 2 is 1.79 bits per heavy atom. The first-order chi connectivity index (χ1) is 12.9. The number of likely N-dealkylation sites (N-methyl/N-ethyl adjacent to an activating group) is 1. The Morgan fingerprint density at radius 1 is 1.18 bits per heavy atom. The molecule has 1 unspecified atom stereocenters. The zero-order valence-corrected chi connectivity index (χ0v) is 15.7. The molecule has 1 aromatic rings. The molecule has 1 rings (SSSR count). The monoisotopic (exact) mass is 409 g/mol. The molecule has 1 amide bonds. The minimum Gasteiger partial charge on any atom is -0.351 e. The molecule has 10 heteroatoms. The molecule has 0 aliphatic heterocycles. The van der Waals surface area contributed by atoms with Gasteiger partial charge in [-0.3, -0.25) is 4.79 Å². The maximum Gasteiger partial charge on any atom is 0.417 e. The van der Waals surface area contributed by atoms with Gasteiger partial charge in [0, 0.05) is 18.8 Å². The first-order valence-electron chi connectivity index (χ1n) is 8.59. The largest absolute Gasteiger partial charge is 0.417 e. The van der Waals surface area contributed by atoms with Crippen molar-refractivity contribution in [3.05, 3.63) is 29.3 Å². The third-order valence-electron chi connectivity index (χ3n) is 4.12. The van der Waals surface area contributed by atoms with Gasteiger partial charge < -0.3 is 9.80 Å². The maximum absolute atomic E-state index is 13.2. The number of nitriles is 1. The van der Waals surface area contributed by atoms with Crippen LogP contribution in [0.1, 0.15) is 38.3 Å². The third kappa shape index (κ3) is 6.04. The number of amides is 1. The molecule has 0 saturated carbocycles. The Bertz CT molecular complexity index is 724. The van der Waals surface area contributed by atoms with Gasteiger partial charge in [-0.05, 0) is 38.5 Å². The lowest BCUT2D eigenvalue weighted by Crippen LogP contribution is -2.50. The second-order valence-corrected chi connectivity index (χ2v) is 6.18. The number of nitrogens with zero attached hydrogens (tertiary/aromatic N) is 3. The van der Waals surface area contributed by atoms with Crippen molar-refractivity contribution in [2.75, 3.05) is 24.5 Å². The SMILES string of the molecule is CCCN(CC)C(=O)C(C)N(CC(F)(F)F)c1ccc(C#N)c(C(F)(F)F)c1. The molecule has 28 heavy (non-hydrogen) atoms. The maximum atomic E-state index is 13.2. The summed E-state index contributed by atoms with van der Waals surface area (Å²) in [7, 11) is 0. The van der Waals surface area contributed by atoms with Crippen molar-refractivity contribution in [1.29, 1.82) is 5.26 Å². The molecule has 4 nitrogen and oxygen atoms in total. The van der Waals surface area contributed by atoms with E-state index in [9.17, 15) is 31.1 Å². The molecule has 0 aromatic heterocycles. The third-order valence-corrected chi connectivity index (χ3v) is 4.12. The van der Waals surface area contributed by atoms with E-state index in [-0.39, 0.29) is 6.54 Å². The molecule has 1 aromatic carbocycles. The number of hydrogen-bond donors (Lipinski definition) is 0. The van der Waals surface area contributed by atoms with Crippen LogP contribution in [-0.2, 0) is 11.0 Å². The molecule has 0 saturated heterocycles. The predicted octanol–water partition coefficient (Wildman–Crippen LogP) is 4.59. The normalized spacial score (nSPS) is 13.0. The van der Waals surface area contributed by atoms with Gasteiger partial charge in [-0.2, -0.15) is 31.6 Å². The zero-order chi connectivity index (χ0) is 21.7. The molecule has 0 aliphatic carbocycles. The van der Waals surface area contributed by atoms with Gasteiger partial charge >= 0.3 is 12.4 Å². The van der Waals surface area contributed by atoms with E-state index in [0.717, 1.165) is 12.1 Å². The fraction of sp³-hybridized carbons (Fsp3) is 0.556. The number of alkyl halides is 6. The van der Waals surface area contributed by atoms with Crippen molar-refractivity contribution in [1.82, 2.24) is 4.90 Å². The lowest BCUT2D eigenvalue weighted by atomic mass is 10.1. The number of carbonyl (C=O) groups excluding carboxylic acids is 1. The summed E-state index contributed by atoms with van der Waals surface area (Å²) in [6, 6.07) is 2.30. The Balaban J connectivity index is 3.43. The highest BCUT2D eigenvalue weighted by atomic mass is 19.4. The molecule has 0 fully saturated rings. The number of halogens is 6. The van der Waals surface area contributed by atoms with Crippen molar-refractivity contribution in [2.45, 2.75) is 45.6 Å². The highest BCUT2D eigenvalue weighted by molar-refractivity contribution is 5.85. The quantitative estimate of drug-likeness (QED) is 0.619. The van der Waals surface area contributed by atoms with Crippen LogP contribution in [0.15, 0.2) is 18.2 Å². The lowest BCUT2D eigenvalue weighted by Gasteiger charge is -2.34. The molecule has 0 bridgehead atoms. The first kappa shape index (κ1) is 23.6. The van der Waals surface area contributed by atoms with Crippen LogP contribution in [0.3, 0.4) is 0 Å².